The molecule has 78 valence electrons. The van der Waals surface area contributed by atoms with Crippen LogP contribution in [0.1, 0.15) is 12.1 Å². The molecule has 0 amide bonds. The third-order valence-electron chi connectivity index (χ3n) is 2.62. The zero-order valence-corrected chi connectivity index (χ0v) is 10.1. The van der Waals surface area contributed by atoms with Crippen LogP contribution in [0, 0.1) is 6.92 Å². The van der Waals surface area contributed by atoms with E-state index in [4.69, 9.17) is 0 Å². The molecule has 0 saturated carbocycles. The molecule has 0 saturated heterocycles. The summed E-state index contributed by atoms with van der Waals surface area (Å²) in [6, 6.07) is 8.21. The predicted octanol–water partition coefficient (Wildman–Crippen LogP) is 3.30. The molecular weight excluding hydrogens is 254 g/mol. The molecule has 2 rings (SSSR count). The topological polar surface area (TPSA) is 22.0 Å². The average molecular weight is 266 g/mol. The first-order valence-electron chi connectivity index (χ1n) is 4.92. The highest BCUT2D eigenvalue weighted by Gasteiger charge is 2.10. The Morgan fingerprint density at radius 1 is 1.40 bits per heavy atom. The van der Waals surface area contributed by atoms with Gasteiger partial charge in [0.15, 0.2) is 0 Å². The van der Waals surface area contributed by atoms with E-state index in [2.05, 4.69) is 39.6 Å². The SMILES string of the molecule is Cc1c(Br)c2ccccc2n1CCC=O. The van der Waals surface area contributed by atoms with Crippen molar-refractivity contribution < 1.29 is 4.79 Å². The van der Waals surface area contributed by atoms with Crippen molar-refractivity contribution in [2.24, 2.45) is 0 Å². The van der Waals surface area contributed by atoms with Gasteiger partial charge < -0.3 is 9.36 Å². The smallest absolute Gasteiger partial charge is 0.121 e. The third-order valence-corrected chi connectivity index (χ3v) is 3.63. The number of aromatic nitrogens is 1. The maximum Gasteiger partial charge on any atom is 0.121 e. The molecule has 0 fully saturated rings. The quantitative estimate of drug-likeness (QED) is 0.781. The number of aryl methyl sites for hydroxylation is 1. The minimum atomic E-state index is 0.561. The molecule has 3 heteroatoms. The molecule has 0 N–H and O–H groups in total. The van der Waals surface area contributed by atoms with Crippen LogP contribution in [0.2, 0.25) is 0 Å². The van der Waals surface area contributed by atoms with Gasteiger partial charge in [-0.15, -0.1) is 0 Å². The minimum absolute atomic E-state index is 0.561. The van der Waals surface area contributed by atoms with E-state index in [0.29, 0.717) is 6.42 Å². The van der Waals surface area contributed by atoms with Crippen LogP contribution in [-0.2, 0) is 11.3 Å². The Kier molecular flexibility index (Phi) is 2.91. The Bertz CT molecular complexity index is 502. The average Bonchev–Trinajstić information content (AvgIpc) is 2.51. The second-order valence-corrected chi connectivity index (χ2v) is 4.32. The van der Waals surface area contributed by atoms with Crippen molar-refractivity contribution >= 4 is 33.1 Å². The van der Waals surface area contributed by atoms with Crippen LogP contribution in [0.4, 0.5) is 0 Å². The summed E-state index contributed by atoms with van der Waals surface area (Å²) in [6.07, 6.45) is 1.52. The van der Waals surface area contributed by atoms with Gasteiger partial charge in [-0.05, 0) is 28.9 Å². The normalized spacial score (nSPS) is 10.8. The molecule has 0 spiro atoms. The van der Waals surface area contributed by atoms with Gasteiger partial charge in [-0.2, -0.15) is 0 Å². The molecule has 15 heavy (non-hydrogen) atoms. The fourth-order valence-electron chi connectivity index (χ4n) is 1.86. The number of carbonyl (C=O) groups excluding carboxylic acids is 1. The van der Waals surface area contributed by atoms with Crippen LogP contribution in [-0.4, -0.2) is 10.9 Å². The van der Waals surface area contributed by atoms with Crippen LogP contribution in [0.25, 0.3) is 10.9 Å². The highest BCUT2D eigenvalue weighted by molar-refractivity contribution is 9.10. The lowest BCUT2D eigenvalue weighted by molar-refractivity contribution is -0.108. The predicted molar refractivity (Wildman–Crippen MR) is 65.1 cm³/mol. The van der Waals surface area contributed by atoms with Crippen LogP contribution < -0.4 is 0 Å². The van der Waals surface area contributed by atoms with E-state index >= 15 is 0 Å². The number of hydrogen-bond acceptors (Lipinski definition) is 1. The number of para-hydroxylation sites is 1. The van der Waals surface area contributed by atoms with Gasteiger partial charge in [0, 0.05) is 34.0 Å². The molecule has 1 heterocycles. The summed E-state index contributed by atoms with van der Waals surface area (Å²) in [5.74, 6) is 0. The first-order chi connectivity index (χ1) is 7.25. The van der Waals surface area contributed by atoms with Gasteiger partial charge in [-0.3, -0.25) is 0 Å². The summed E-state index contributed by atoms with van der Waals surface area (Å²) >= 11 is 3.58. The lowest BCUT2D eigenvalue weighted by atomic mass is 10.2. The molecule has 0 aliphatic rings. The number of benzene rings is 1. The van der Waals surface area contributed by atoms with E-state index in [1.807, 2.05) is 12.1 Å². The fourth-order valence-corrected chi connectivity index (χ4v) is 2.41. The first-order valence-corrected chi connectivity index (χ1v) is 5.72. The highest BCUT2D eigenvalue weighted by Crippen LogP contribution is 2.30. The minimum Gasteiger partial charge on any atom is -0.343 e. The number of carbonyl (C=O) groups is 1. The molecule has 0 aliphatic carbocycles. The molecule has 1 aromatic carbocycles. The summed E-state index contributed by atoms with van der Waals surface area (Å²) in [5.41, 5.74) is 2.36. The summed E-state index contributed by atoms with van der Waals surface area (Å²) in [6.45, 7) is 2.82. The lowest BCUT2D eigenvalue weighted by Gasteiger charge is -2.04. The number of fused-ring (bicyclic) bond motifs is 1. The van der Waals surface area contributed by atoms with E-state index < -0.39 is 0 Å². The Balaban J connectivity index is 2.61. The van der Waals surface area contributed by atoms with Crippen LogP contribution >= 0.6 is 15.9 Å². The second-order valence-electron chi connectivity index (χ2n) is 3.52. The van der Waals surface area contributed by atoms with Crippen molar-refractivity contribution in [2.45, 2.75) is 19.9 Å². The van der Waals surface area contributed by atoms with E-state index in [9.17, 15) is 4.79 Å². The van der Waals surface area contributed by atoms with E-state index in [1.54, 1.807) is 0 Å². The maximum absolute atomic E-state index is 10.4. The highest BCUT2D eigenvalue weighted by atomic mass is 79.9. The zero-order chi connectivity index (χ0) is 10.8. The fraction of sp³-hybridized carbons (Fsp3) is 0.250. The van der Waals surface area contributed by atoms with E-state index in [1.165, 1.54) is 16.6 Å². The Morgan fingerprint density at radius 2 is 2.13 bits per heavy atom. The summed E-state index contributed by atoms with van der Waals surface area (Å²) in [5, 5.41) is 1.21. The number of hydrogen-bond donors (Lipinski definition) is 0. The van der Waals surface area contributed by atoms with Crippen molar-refractivity contribution in [1.82, 2.24) is 4.57 Å². The molecular formula is C12H12BrNO. The summed E-state index contributed by atoms with van der Waals surface area (Å²) in [4.78, 5) is 10.4. The maximum atomic E-state index is 10.4. The van der Waals surface area contributed by atoms with Gasteiger partial charge in [-0.1, -0.05) is 18.2 Å². The monoisotopic (exact) mass is 265 g/mol. The first kappa shape index (κ1) is 10.4. The van der Waals surface area contributed by atoms with E-state index in [-0.39, 0.29) is 0 Å². The van der Waals surface area contributed by atoms with Crippen molar-refractivity contribution in [1.29, 1.82) is 0 Å². The Labute approximate surface area is 97.0 Å². The molecule has 0 bridgehead atoms. The standard InChI is InChI=1S/C12H12BrNO/c1-9-12(13)10-5-2-3-6-11(10)14(9)7-4-8-15/h2-3,5-6,8H,4,7H2,1H3. The van der Waals surface area contributed by atoms with Gasteiger partial charge in [0.1, 0.15) is 6.29 Å². The van der Waals surface area contributed by atoms with Gasteiger partial charge >= 0.3 is 0 Å². The second kappa shape index (κ2) is 4.19. The number of halogens is 1. The largest absolute Gasteiger partial charge is 0.343 e. The Hall–Kier alpha value is -1.09. The molecule has 1 aromatic heterocycles. The molecule has 0 unspecified atom stereocenters. The lowest BCUT2D eigenvalue weighted by Crippen LogP contribution is -2.00. The third kappa shape index (κ3) is 1.72. The van der Waals surface area contributed by atoms with Gasteiger partial charge in [0.2, 0.25) is 0 Å². The summed E-state index contributed by atoms with van der Waals surface area (Å²) < 4.78 is 3.30. The summed E-state index contributed by atoms with van der Waals surface area (Å²) in [7, 11) is 0. The zero-order valence-electron chi connectivity index (χ0n) is 8.53. The van der Waals surface area contributed by atoms with Crippen molar-refractivity contribution in [2.75, 3.05) is 0 Å². The van der Waals surface area contributed by atoms with Gasteiger partial charge in [-0.25, -0.2) is 0 Å². The van der Waals surface area contributed by atoms with Gasteiger partial charge in [0.05, 0.1) is 0 Å². The number of aldehydes is 1. The molecule has 2 nitrogen and oxygen atoms in total. The molecule has 0 aliphatic heterocycles. The molecule has 0 atom stereocenters. The van der Waals surface area contributed by atoms with Crippen LogP contribution in [0.3, 0.4) is 0 Å². The van der Waals surface area contributed by atoms with E-state index in [0.717, 1.165) is 17.3 Å². The van der Waals surface area contributed by atoms with Gasteiger partial charge in [0.25, 0.3) is 0 Å². The van der Waals surface area contributed by atoms with Crippen LogP contribution in [0.5, 0.6) is 0 Å². The Morgan fingerprint density at radius 3 is 2.87 bits per heavy atom. The number of nitrogens with zero attached hydrogens (tertiary/aromatic N) is 1. The van der Waals surface area contributed by atoms with Crippen molar-refractivity contribution in [3.8, 4) is 0 Å². The number of rotatable bonds is 3. The molecule has 2 aromatic rings. The van der Waals surface area contributed by atoms with Crippen molar-refractivity contribution in [3.63, 3.8) is 0 Å². The molecule has 0 radical (unpaired) electrons. The van der Waals surface area contributed by atoms with Crippen LogP contribution in [0.15, 0.2) is 28.7 Å². The van der Waals surface area contributed by atoms with Crippen molar-refractivity contribution in [3.05, 3.63) is 34.4 Å².